The molecule has 0 fully saturated rings. The highest BCUT2D eigenvalue weighted by atomic mass is 79.9. The minimum Gasteiger partial charge on any atom is -0.396 e. The predicted molar refractivity (Wildman–Crippen MR) is 69.3 cm³/mol. The lowest BCUT2D eigenvalue weighted by molar-refractivity contribution is 0.258. The third-order valence-corrected chi connectivity index (χ3v) is 4.22. The Balaban J connectivity index is 2.33. The topological polar surface area (TPSA) is 32.3 Å². The van der Waals surface area contributed by atoms with Crippen LogP contribution < -0.4 is 5.32 Å². The van der Waals surface area contributed by atoms with Gasteiger partial charge in [0.1, 0.15) is 0 Å². The fourth-order valence-corrected chi connectivity index (χ4v) is 2.81. The van der Waals surface area contributed by atoms with Crippen LogP contribution in [0.1, 0.15) is 31.2 Å². The Bertz CT molecular complexity index is 290. The van der Waals surface area contributed by atoms with Crippen molar-refractivity contribution < 1.29 is 5.11 Å². The van der Waals surface area contributed by atoms with Crippen LogP contribution in [0.2, 0.25) is 0 Å². The molecule has 1 rings (SSSR count). The molecule has 4 heteroatoms. The van der Waals surface area contributed by atoms with Gasteiger partial charge in [-0.25, -0.2) is 0 Å². The van der Waals surface area contributed by atoms with Crippen LogP contribution in [0.4, 0.5) is 0 Å². The van der Waals surface area contributed by atoms with E-state index in [1.807, 2.05) is 0 Å². The molecule has 0 amide bonds. The van der Waals surface area contributed by atoms with E-state index >= 15 is 0 Å². The van der Waals surface area contributed by atoms with Crippen molar-refractivity contribution in [2.75, 3.05) is 13.2 Å². The highest BCUT2D eigenvalue weighted by Crippen LogP contribution is 2.27. The van der Waals surface area contributed by atoms with Crippen LogP contribution in [-0.2, 0) is 0 Å². The summed E-state index contributed by atoms with van der Waals surface area (Å²) in [5.41, 5.74) is 0. The Labute approximate surface area is 104 Å². The zero-order valence-corrected chi connectivity index (χ0v) is 11.6. The average Bonchev–Trinajstić information content (AvgIpc) is 2.62. The molecular formula is C11H18BrNOS. The van der Waals surface area contributed by atoms with Crippen molar-refractivity contribution >= 4 is 27.3 Å². The quantitative estimate of drug-likeness (QED) is 0.844. The Morgan fingerprint density at radius 2 is 2.20 bits per heavy atom. The average molecular weight is 292 g/mol. The molecule has 0 aliphatic rings. The van der Waals surface area contributed by atoms with Crippen LogP contribution in [0.25, 0.3) is 0 Å². The number of thiophene rings is 1. The number of rotatable bonds is 6. The van der Waals surface area contributed by atoms with Gasteiger partial charge in [0.25, 0.3) is 0 Å². The summed E-state index contributed by atoms with van der Waals surface area (Å²) in [5.74, 6) is 0.529. The van der Waals surface area contributed by atoms with Gasteiger partial charge in [-0.15, -0.1) is 11.3 Å². The molecule has 2 nitrogen and oxygen atoms in total. The zero-order chi connectivity index (χ0) is 11.3. The van der Waals surface area contributed by atoms with Gasteiger partial charge in [0, 0.05) is 17.5 Å². The largest absolute Gasteiger partial charge is 0.396 e. The standard InChI is InChI=1S/C11H18BrNOS/c1-8(5-6-14)7-13-9(2)10-3-4-11(12)15-10/h3-4,8-9,13-14H,5-7H2,1-2H3. The van der Waals surface area contributed by atoms with Crippen LogP contribution >= 0.6 is 27.3 Å². The molecular weight excluding hydrogens is 274 g/mol. The summed E-state index contributed by atoms with van der Waals surface area (Å²) in [6.07, 6.45) is 0.869. The van der Waals surface area contributed by atoms with Gasteiger partial charge in [0.05, 0.1) is 3.79 Å². The molecule has 2 atom stereocenters. The van der Waals surface area contributed by atoms with Crippen LogP contribution in [0.15, 0.2) is 15.9 Å². The molecule has 0 aliphatic carbocycles. The molecule has 2 unspecified atom stereocenters. The van der Waals surface area contributed by atoms with E-state index in [4.69, 9.17) is 5.11 Å². The van der Waals surface area contributed by atoms with E-state index in [0.717, 1.165) is 13.0 Å². The van der Waals surface area contributed by atoms with Crippen molar-refractivity contribution in [1.29, 1.82) is 0 Å². The molecule has 0 aliphatic heterocycles. The fourth-order valence-electron chi connectivity index (χ4n) is 1.36. The van der Waals surface area contributed by atoms with E-state index in [0.29, 0.717) is 12.0 Å². The maximum Gasteiger partial charge on any atom is 0.0701 e. The van der Waals surface area contributed by atoms with E-state index < -0.39 is 0 Å². The summed E-state index contributed by atoms with van der Waals surface area (Å²) >= 11 is 5.23. The summed E-state index contributed by atoms with van der Waals surface area (Å²) in [7, 11) is 0. The van der Waals surface area contributed by atoms with Gasteiger partial charge in [-0.1, -0.05) is 6.92 Å². The summed E-state index contributed by atoms with van der Waals surface area (Å²) in [6, 6.07) is 4.61. The van der Waals surface area contributed by atoms with E-state index in [1.54, 1.807) is 11.3 Å². The lowest BCUT2D eigenvalue weighted by Crippen LogP contribution is -2.24. The second-order valence-electron chi connectivity index (χ2n) is 3.89. The Kier molecular flexibility index (Phi) is 5.82. The molecule has 1 aromatic rings. The molecule has 15 heavy (non-hydrogen) atoms. The first-order valence-corrected chi connectivity index (χ1v) is 6.84. The van der Waals surface area contributed by atoms with Gasteiger partial charge in [0.2, 0.25) is 0 Å². The first kappa shape index (κ1) is 13.2. The maximum atomic E-state index is 8.79. The second kappa shape index (κ2) is 6.63. The van der Waals surface area contributed by atoms with Crippen molar-refractivity contribution in [2.45, 2.75) is 26.3 Å². The fraction of sp³-hybridized carbons (Fsp3) is 0.636. The highest BCUT2D eigenvalue weighted by Gasteiger charge is 2.09. The van der Waals surface area contributed by atoms with Crippen molar-refractivity contribution in [2.24, 2.45) is 5.92 Å². The normalized spacial score (nSPS) is 15.2. The van der Waals surface area contributed by atoms with E-state index in [2.05, 4.69) is 47.2 Å². The van der Waals surface area contributed by atoms with Crippen LogP contribution in [0, 0.1) is 5.92 Å². The third kappa shape index (κ3) is 4.64. The number of aliphatic hydroxyl groups is 1. The van der Waals surface area contributed by atoms with E-state index in [9.17, 15) is 0 Å². The minimum atomic E-state index is 0.280. The Morgan fingerprint density at radius 1 is 1.47 bits per heavy atom. The first-order valence-electron chi connectivity index (χ1n) is 5.23. The van der Waals surface area contributed by atoms with Gasteiger partial charge in [0.15, 0.2) is 0 Å². The van der Waals surface area contributed by atoms with Gasteiger partial charge in [-0.3, -0.25) is 0 Å². The number of aliphatic hydroxyl groups excluding tert-OH is 1. The van der Waals surface area contributed by atoms with Crippen LogP contribution in [0.3, 0.4) is 0 Å². The molecule has 0 radical (unpaired) electrons. The van der Waals surface area contributed by atoms with E-state index in [1.165, 1.54) is 8.66 Å². The van der Waals surface area contributed by atoms with Crippen LogP contribution in [-0.4, -0.2) is 18.3 Å². The zero-order valence-electron chi connectivity index (χ0n) is 9.16. The number of hydrogen-bond donors (Lipinski definition) is 2. The number of nitrogens with one attached hydrogen (secondary N) is 1. The van der Waals surface area contributed by atoms with Gasteiger partial charge < -0.3 is 10.4 Å². The van der Waals surface area contributed by atoms with Crippen molar-refractivity contribution in [3.63, 3.8) is 0 Å². The minimum absolute atomic E-state index is 0.280. The highest BCUT2D eigenvalue weighted by molar-refractivity contribution is 9.11. The molecule has 1 aromatic heterocycles. The number of halogens is 1. The van der Waals surface area contributed by atoms with Gasteiger partial charge in [-0.05, 0) is 53.9 Å². The van der Waals surface area contributed by atoms with Crippen molar-refractivity contribution in [3.8, 4) is 0 Å². The molecule has 86 valence electrons. The van der Waals surface area contributed by atoms with Crippen molar-refractivity contribution in [3.05, 3.63) is 20.8 Å². The Morgan fingerprint density at radius 3 is 2.73 bits per heavy atom. The van der Waals surface area contributed by atoms with Gasteiger partial charge >= 0.3 is 0 Å². The summed E-state index contributed by atoms with van der Waals surface area (Å²) < 4.78 is 1.18. The Hall–Kier alpha value is 0.1000. The number of hydrogen-bond acceptors (Lipinski definition) is 3. The van der Waals surface area contributed by atoms with Gasteiger partial charge in [-0.2, -0.15) is 0 Å². The lowest BCUT2D eigenvalue weighted by Gasteiger charge is -2.15. The van der Waals surface area contributed by atoms with Crippen LogP contribution in [0.5, 0.6) is 0 Å². The second-order valence-corrected chi connectivity index (χ2v) is 6.38. The summed E-state index contributed by atoms with van der Waals surface area (Å²) in [4.78, 5) is 1.35. The molecule has 1 heterocycles. The molecule has 0 bridgehead atoms. The summed E-state index contributed by atoms with van der Waals surface area (Å²) in [5, 5.41) is 12.3. The lowest BCUT2D eigenvalue weighted by atomic mass is 10.1. The maximum absolute atomic E-state index is 8.79. The third-order valence-electron chi connectivity index (χ3n) is 2.42. The molecule has 0 saturated carbocycles. The smallest absolute Gasteiger partial charge is 0.0701 e. The van der Waals surface area contributed by atoms with Crippen molar-refractivity contribution in [1.82, 2.24) is 5.32 Å². The SMILES string of the molecule is CC(CCO)CNC(C)c1ccc(Br)s1. The van der Waals surface area contributed by atoms with E-state index in [-0.39, 0.29) is 6.61 Å². The monoisotopic (exact) mass is 291 g/mol. The predicted octanol–water partition coefficient (Wildman–Crippen LogP) is 3.18. The summed E-state index contributed by atoms with van der Waals surface area (Å²) in [6.45, 7) is 5.56. The molecule has 0 saturated heterocycles. The first-order chi connectivity index (χ1) is 7.13. The molecule has 0 aromatic carbocycles. The molecule has 2 N–H and O–H groups in total. The molecule has 0 spiro atoms.